The number of amides is 1. The second kappa shape index (κ2) is 9.71. The van der Waals surface area contributed by atoms with Gasteiger partial charge in [-0.1, -0.05) is 18.2 Å². The number of pyridine rings is 1. The standard InChI is InChI=1S/C23H21IN4O2/c24-17-4-2-5-18(14-17)28-22(29)8-7-16-3-1-6-19(13-16)30-20-9-10-25-21(15-20)23-26-11-12-27-23/h1-6,9-10,13-15H,7-8,11-12H2,(H,26,27)(H,28,29). The molecular formula is C23H21IN4O2. The fraction of sp³-hybridized carbons (Fsp3) is 0.174. The van der Waals surface area contributed by atoms with Crippen LogP contribution in [0, 0.1) is 3.57 Å². The van der Waals surface area contributed by atoms with Crippen LogP contribution in [0.2, 0.25) is 0 Å². The molecule has 0 radical (unpaired) electrons. The van der Waals surface area contributed by atoms with Gasteiger partial charge in [0.05, 0.1) is 6.54 Å². The second-order valence-electron chi connectivity index (χ2n) is 6.84. The predicted molar refractivity (Wildman–Crippen MR) is 126 cm³/mol. The maximum absolute atomic E-state index is 12.3. The van der Waals surface area contributed by atoms with Gasteiger partial charge in [0.2, 0.25) is 5.91 Å². The van der Waals surface area contributed by atoms with Gasteiger partial charge in [0.25, 0.3) is 0 Å². The minimum atomic E-state index is -0.00747. The molecule has 1 aliphatic heterocycles. The number of aryl methyl sites for hydroxylation is 1. The van der Waals surface area contributed by atoms with Crippen LogP contribution in [0.4, 0.5) is 5.69 Å². The number of benzene rings is 2. The Labute approximate surface area is 188 Å². The molecule has 2 N–H and O–H groups in total. The molecule has 3 aromatic rings. The van der Waals surface area contributed by atoms with Crippen molar-refractivity contribution in [2.45, 2.75) is 12.8 Å². The molecule has 0 atom stereocenters. The van der Waals surface area contributed by atoms with E-state index in [0.717, 1.165) is 45.2 Å². The van der Waals surface area contributed by atoms with Crippen LogP contribution < -0.4 is 15.4 Å². The molecule has 1 aliphatic rings. The molecule has 0 bridgehead atoms. The minimum Gasteiger partial charge on any atom is -0.457 e. The van der Waals surface area contributed by atoms with Gasteiger partial charge in [0, 0.05) is 34.5 Å². The summed E-state index contributed by atoms with van der Waals surface area (Å²) in [6.45, 7) is 1.60. The average Bonchev–Trinajstić information content (AvgIpc) is 3.28. The molecule has 0 unspecified atom stereocenters. The predicted octanol–water partition coefficient (Wildman–Crippen LogP) is 4.40. The highest BCUT2D eigenvalue weighted by Crippen LogP contribution is 2.23. The first-order valence-electron chi connectivity index (χ1n) is 9.73. The van der Waals surface area contributed by atoms with Gasteiger partial charge in [-0.3, -0.25) is 14.8 Å². The lowest BCUT2D eigenvalue weighted by molar-refractivity contribution is -0.116. The largest absolute Gasteiger partial charge is 0.457 e. The maximum atomic E-state index is 12.3. The Morgan fingerprint density at radius 1 is 1.10 bits per heavy atom. The molecule has 0 saturated carbocycles. The van der Waals surface area contributed by atoms with Gasteiger partial charge >= 0.3 is 0 Å². The van der Waals surface area contributed by atoms with E-state index in [1.54, 1.807) is 6.20 Å². The molecule has 0 spiro atoms. The Kier molecular flexibility index (Phi) is 6.58. The van der Waals surface area contributed by atoms with Crippen molar-refractivity contribution >= 4 is 40.0 Å². The number of halogens is 1. The number of carbonyl (C=O) groups excluding carboxylic acids is 1. The maximum Gasteiger partial charge on any atom is 0.224 e. The van der Waals surface area contributed by atoms with Crippen LogP contribution in [0.3, 0.4) is 0 Å². The summed E-state index contributed by atoms with van der Waals surface area (Å²) in [6, 6.07) is 19.3. The van der Waals surface area contributed by atoms with Gasteiger partial charge < -0.3 is 15.4 Å². The number of rotatable bonds is 7. The Bertz CT molecular complexity index is 1080. The van der Waals surface area contributed by atoms with Crippen molar-refractivity contribution < 1.29 is 9.53 Å². The molecular weight excluding hydrogens is 491 g/mol. The summed E-state index contributed by atoms with van der Waals surface area (Å²) >= 11 is 2.23. The molecule has 0 fully saturated rings. The summed E-state index contributed by atoms with van der Waals surface area (Å²) < 4.78 is 7.10. The first kappa shape index (κ1) is 20.3. The van der Waals surface area contributed by atoms with Crippen molar-refractivity contribution in [3.63, 3.8) is 0 Å². The summed E-state index contributed by atoms with van der Waals surface area (Å²) in [5.74, 6) is 2.22. The van der Waals surface area contributed by atoms with Crippen LogP contribution in [0.1, 0.15) is 17.7 Å². The SMILES string of the molecule is O=C(CCc1cccc(Oc2ccnc(C3=NCCN3)c2)c1)Nc1cccc(I)c1. The molecule has 152 valence electrons. The monoisotopic (exact) mass is 512 g/mol. The van der Waals surface area contributed by atoms with Gasteiger partial charge in [-0.25, -0.2) is 0 Å². The lowest BCUT2D eigenvalue weighted by atomic mass is 10.1. The van der Waals surface area contributed by atoms with Crippen molar-refractivity contribution in [3.8, 4) is 11.5 Å². The Hall–Kier alpha value is -2.94. The van der Waals surface area contributed by atoms with Crippen LogP contribution >= 0.6 is 22.6 Å². The lowest BCUT2D eigenvalue weighted by Gasteiger charge is -2.09. The van der Waals surface area contributed by atoms with E-state index in [-0.39, 0.29) is 5.91 Å². The topological polar surface area (TPSA) is 75.6 Å². The molecule has 4 rings (SSSR count). The number of carbonyl (C=O) groups is 1. The highest BCUT2D eigenvalue weighted by atomic mass is 127. The van der Waals surface area contributed by atoms with E-state index < -0.39 is 0 Å². The third-order valence-corrected chi connectivity index (χ3v) is 5.20. The van der Waals surface area contributed by atoms with Gasteiger partial charge in [-0.15, -0.1) is 0 Å². The zero-order chi connectivity index (χ0) is 20.8. The fourth-order valence-electron chi connectivity index (χ4n) is 3.12. The molecule has 0 saturated heterocycles. The van der Waals surface area contributed by atoms with E-state index in [2.05, 4.69) is 43.2 Å². The smallest absolute Gasteiger partial charge is 0.224 e. The Balaban J connectivity index is 1.36. The number of nitrogens with one attached hydrogen (secondary N) is 2. The van der Waals surface area contributed by atoms with E-state index in [0.29, 0.717) is 18.6 Å². The Morgan fingerprint density at radius 2 is 1.97 bits per heavy atom. The van der Waals surface area contributed by atoms with Gasteiger partial charge in [0.15, 0.2) is 0 Å². The zero-order valence-electron chi connectivity index (χ0n) is 16.3. The highest BCUT2D eigenvalue weighted by molar-refractivity contribution is 14.1. The fourth-order valence-corrected chi connectivity index (χ4v) is 3.66. The molecule has 0 aliphatic carbocycles. The van der Waals surface area contributed by atoms with Gasteiger partial charge in [0.1, 0.15) is 23.0 Å². The number of hydrogen-bond donors (Lipinski definition) is 2. The zero-order valence-corrected chi connectivity index (χ0v) is 18.4. The van der Waals surface area contributed by atoms with Crippen molar-refractivity contribution in [3.05, 3.63) is 81.7 Å². The Morgan fingerprint density at radius 3 is 2.80 bits per heavy atom. The molecule has 30 heavy (non-hydrogen) atoms. The van der Waals surface area contributed by atoms with Crippen LogP contribution in [-0.2, 0) is 11.2 Å². The van der Waals surface area contributed by atoms with E-state index in [1.807, 2.05) is 60.7 Å². The van der Waals surface area contributed by atoms with Crippen LogP contribution in [-0.4, -0.2) is 29.8 Å². The van der Waals surface area contributed by atoms with E-state index in [9.17, 15) is 4.79 Å². The van der Waals surface area contributed by atoms with Crippen molar-refractivity contribution in [2.24, 2.45) is 4.99 Å². The number of aliphatic imine (C=N–C) groups is 1. The number of amidine groups is 1. The van der Waals surface area contributed by atoms with Crippen molar-refractivity contribution in [1.82, 2.24) is 10.3 Å². The third kappa shape index (κ3) is 5.56. The number of anilines is 1. The van der Waals surface area contributed by atoms with Crippen LogP contribution in [0.25, 0.3) is 0 Å². The quantitative estimate of drug-likeness (QED) is 0.461. The molecule has 6 nitrogen and oxygen atoms in total. The second-order valence-corrected chi connectivity index (χ2v) is 8.09. The summed E-state index contributed by atoms with van der Waals surface area (Å²) in [6.07, 6.45) is 2.75. The number of aromatic nitrogens is 1. The van der Waals surface area contributed by atoms with E-state index in [4.69, 9.17) is 4.74 Å². The first-order valence-corrected chi connectivity index (χ1v) is 10.8. The molecule has 1 amide bonds. The molecule has 2 heterocycles. The first-order chi connectivity index (χ1) is 14.7. The van der Waals surface area contributed by atoms with Gasteiger partial charge in [-0.05, 0) is 71.0 Å². The summed E-state index contributed by atoms with van der Waals surface area (Å²) in [5, 5.41) is 6.16. The molecule has 2 aromatic carbocycles. The third-order valence-electron chi connectivity index (χ3n) is 4.53. The van der Waals surface area contributed by atoms with E-state index >= 15 is 0 Å². The number of nitrogens with zero attached hydrogens (tertiary/aromatic N) is 2. The van der Waals surface area contributed by atoms with Gasteiger partial charge in [-0.2, -0.15) is 0 Å². The van der Waals surface area contributed by atoms with E-state index in [1.165, 1.54) is 0 Å². The summed E-state index contributed by atoms with van der Waals surface area (Å²) in [4.78, 5) is 21.0. The minimum absolute atomic E-state index is 0.00747. The lowest BCUT2D eigenvalue weighted by Crippen LogP contribution is -2.20. The number of hydrogen-bond acceptors (Lipinski definition) is 5. The number of ether oxygens (including phenoxy) is 1. The van der Waals surface area contributed by atoms with Crippen molar-refractivity contribution in [2.75, 3.05) is 18.4 Å². The van der Waals surface area contributed by atoms with Crippen LogP contribution in [0.5, 0.6) is 11.5 Å². The van der Waals surface area contributed by atoms with Crippen LogP contribution in [0.15, 0.2) is 71.9 Å². The normalized spacial score (nSPS) is 12.8. The molecule has 1 aromatic heterocycles. The average molecular weight is 512 g/mol. The summed E-state index contributed by atoms with van der Waals surface area (Å²) in [5.41, 5.74) is 2.63. The van der Waals surface area contributed by atoms with Crippen molar-refractivity contribution in [1.29, 1.82) is 0 Å². The molecule has 7 heteroatoms. The summed E-state index contributed by atoms with van der Waals surface area (Å²) in [7, 11) is 0. The highest BCUT2D eigenvalue weighted by Gasteiger charge is 2.11.